The van der Waals surface area contributed by atoms with Crippen LogP contribution >= 0.6 is 15.9 Å². The number of carbonyl (C=O) groups is 5. The van der Waals surface area contributed by atoms with Gasteiger partial charge in [0.2, 0.25) is 12.4 Å². The van der Waals surface area contributed by atoms with Crippen molar-refractivity contribution >= 4 is 45.6 Å². The molecule has 2 aromatic rings. The number of ether oxygens (including phenoxy) is 7. The maximum Gasteiger partial charge on any atom is 0.303 e. The van der Waals surface area contributed by atoms with Gasteiger partial charge >= 0.3 is 23.9 Å². The first-order valence-electron chi connectivity index (χ1n) is 12.9. The second kappa shape index (κ2) is 15.3. The summed E-state index contributed by atoms with van der Waals surface area (Å²) in [6.07, 6.45) is -6.98. The van der Waals surface area contributed by atoms with Gasteiger partial charge < -0.3 is 33.2 Å². The Bertz CT molecular complexity index is 1280. The summed E-state index contributed by atoms with van der Waals surface area (Å²) in [4.78, 5) is 60.8. The number of Topliss-reactive ketones (excluding diaryl/α,β-unsaturated/α-hetero) is 1. The predicted octanol–water partition coefficient (Wildman–Crippen LogP) is 3.31. The molecule has 0 bridgehead atoms. The fourth-order valence-corrected chi connectivity index (χ4v) is 4.50. The molecule has 226 valence electrons. The Labute approximate surface area is 250 Å². The third-order valence-corrected chi connectivity index (χ3v) is 6.33. The fraction of sp³-hybridized carbons (Fsp3) is 0.414. The van der Waals surface area contributed by atoms with Crippen LogP contribution in [0.5, 0.6) is 11.5 Å². The quantitative estimate of drug-likeness (QED) is 0.143. The molecular formula is C29H31BrO12. The smallest absolute Gasteiger partial charge is 0.303 e. The zero-order valence-corrected chi connectivity index (χ0v) is 25.0. The minimum Gasteiger partial charge on any atom is -0.488 e. The van der Waals surface area contributed by atoms with Crippen molar-refractivity contribution in [3.8, 4) is 11.5 Å². The van der Waals surface area contributed by atoms with E-state index >= 15 is 0 Å². The fourth-order valence-electron chi connectivity index (χ4n) is 4.22. The summed E-state index contributed by atoms with van der Waals surface area (Å²) in [6, 6.07) is 14.0. The molecule has 42 heavy (non-hydrogen) atoms. The van der Waals surface area contributed by atoms with Gasteiger partial charge in [0, 0.05) is 27.7 Å². The van der Waals surface area contributed by atoms with E-state index in [0.717, 1.165) is 26.3 Å². The molecule has 0 aliphatic carbocycles. The van der Waals surface area contributed by atoms with E-state index in [0.29, 0.717) is 0 Å². The lowest BCUT2D eigenvalue weighted by molar-refractivity contribution is -0.288. The molecule has 0 N–H and O–H groups in total. The standard InChI is InChI=1S/C29H31BrO12/c1-16(31)36-15-24-26(38-17(2)32)27(39-18(3)33)28(40-19(4)34)29(42-24)41-23-12-8-11-22(25(23)21(35)13-30)37-14-20-9-6-5-7-10-20/h5-12,24,26-29H,13-15H2,1-4H3/t24-,26-,27+,28-,29-/m1/s1. The molecule has 0 radical (unpaired) electrons. The van der Waals surface area contributed by atoms with E-state index in [1.165, 1.54) is 13.0 Å². The molecule has 1 fully saturated rings. The number of carbonyl (C=O) groups excluding carboxylic acids is 5. The molecule has 1 heterocycles. The van der Waals surface area contributed by atoms with Crippen LogP contribution in [0.25, 0.3) is 0 Å². The number of rotatable bonds is 12. The molecule has 3 rings (SSSR count). The largest absolute Gasteiger partial charge is 0.488 e. The van der Waals surface area contributed by atoms with Gasteiger partial charge in [-0.1, -0.05) is 52.3 Å². The van der Waals surface area contributed by atoms with Crippen molar-refractivity contribution in [3.05, 3.63) is 59.7 Å². The van der Waals surface area contributed by atoms with Crippen LogP contribution in [0, 0.1) is 0 Å². The van der Waals surface area contributed by atoms with E-state index in [9.17, 15) is 24.0 Å². The van der Waals surface area contributed by atoms with Gasteiger partial charge in [-0.25, -0.2) is 0 Å². The number of hydrogen-bond donors (Lipinski definition) is 0. The third-order valence-electron chi connectivity index (χ3n) is 5.82. The van der Waals surface area contributed by atoms with Crippen molar-refractivity contribution in [2.24, 2.45) is 0 Å². The Kier molecular flexibility index (Phi) is 11.9. The Morgan fingerprint density at radius 1 is 0.738 bits per heavy atom. The minimum atomic E-state index is -1.52. The Hall–Kier alpha value is -3.97. The summed E-state index contributed by atoms with van der Waals surface area (Å²) in [5.41, 5.74) is 0.929. The zero-order chi connectivity index (χ0) is 30.8. The highest BCUT2D eigenvalue weighted by molar-refractivity contribution is 9.09. The van der Waals surface area contributed by atoms with Gasteiger partial charge in [-0.3, -0.25) is 24.0 Å². The second-order valence-electron chi connectivity index (χ2n) is 9.15. The van der Waals surface area contributed by atoms with E-state index in [4.69, 9.17) is 33.2 Å². The van der Waals surface area contributed by atoms with Crippen molar-refractivity contribution in [2.45, 2.75) is 65.0 Å². The first-order chi connectivity index (χ1) is 20.0. The summed E-state index contributed by atoms with van der Waals surface area (Å²) < 4.78 is 39.4. The van der Waals surface area contributed by atoms with Crippen LogP contribution in [0.3, 0.4) is 0 Å². The Morgan fingerprint density at radius 2 is 1.33 bits per heavy atom. The van der Waals surface area contributed by atoms with Crippen LogP contribution in [0.15, 0.2) is 48.5 Å². The highest BCUT2D eigenvalue weighted by atomic mass is 79.9. The lowest BCUT2D eigenvalue weighted by atomic mass is 9.98. The molecule has 0 spiro atoms. The number of ketones is 1. The summed E-state index contributed by atoms with van der Waals surface area (Å²) in [5.74, 6) is -3.16. The molecule has 12 nitrogen and oxygen atoms in total. The maximum atomic E-state index is 13.1. The number of benzene rings is 2. The van der Waals surface area contributed by atoms with E-state index in [1.54, 1.807) is 12.1 Å². The van der Waals surface area contributed by atoms with E-state index in [2.05, 4.69) is 15.9 Å². The van der Waals surface area contributed by atoms with E-state index < -0.39 is 61.2 Å². The third kappa shape index (κ3) is 9.02. The molecule has 0 unspecified atom stereocenters. The van der Waals surface area contributed by atoms with E-state index in [1.807, 2.05) is 30.3 Å². The molecular weight excluding hydrogens is 620 g/mol. The average Bonchev–Trinajstić information content (AvgIpc) is 2.93. The van der Waals surface area contributed by atoms with Crippen molar-refractivity contribution in [3.63, 3.8) is 0 Å². The van der Waals surface area contributed by atoms with Gasteiger partial charge in [-0.05, 0) is 17.7 Å². The normalized spacial score (nSPS) is 21.4. The van der Waals surface area contributed by atoms with Crippen molar-refractivity contribution in [1.29, 1.82) is 0 Å². The summed E-state index contributed by atoms with van der Waals surface area (Å²) in [6.45, 7) is 4.25. The van der Waals surface area contributed by atoms with Crippen molar-refractivity contribution < 1.29 is 57.1 Å². The van der Waals surface area contributed by atoms with Crippen LogP contribution in [0.1, 0.15) is 43.6 Å². The van der Waals surface area contributed by atoms with Gasteiger partial charge in [0.15, 0.2) is 18.0 Å². The monoisotopic (exact) mass is 650 g/mol. The molecule has 1 aliphatic heterocycles. The van der Waals surface area contributed by atoms with Gasteiger partial charge in [0.25, 0.3) is 0 Å². The number of esters is 4. The maximum absolute atomic E-state index is 13.1. The van der Waals surface area contributed by atoms with Gasteiger partial charge in [0.05, 0.1) is 5.33 Å². The summed E-state index contributed by atoms with van der Waals surface area (Å²) in [7, 11) is 0. The lowest BCUT2D eigenvalue weighted by Gasteiger charge is -2.44. The average molecular weight is 651 g/mol. The topological polar surface area (TPSA) is 150 Å². The van der Waals surface area contributed by atoms with Crippen molar-refractivity contribution in [2.75, 3.05) is 11.9 Å². The molecule has 1 saturated heterocycles. The summed E-state index contributed by atoms with van der Waals surface area (Å²) in [5, 5.41) is -0.0758. The van der Waals surface area contributed by atoms with Crippen LogP contribution < -0.4 is 9.47 Å². The first-order valence-corrected chi connectivity index (χ1v) is 14.0. The van der Waals surface area contributed by atoms with Crippen molar-refractivity contribution in [1.82, 2.24) is 0 Å². The molecule has 0 amide bonds. The number of halogens is 1. The first kappa shape index (κ1) is 32.5. The molecule has 2 aromatic carbocycles. The van der Waals surface area contributed by atoms with E-state index in [-0.39, 0.29) is 34.8 Å². The Balaban J connectivity index is 2.04. The minimum absolute atomic E-state index is 0.00547. The molecule has 0 aromatic heterocycles. The van der Waals surface area contributed by atoms with Crippen LogP contribution in [0.4, 0.5) is 0 Å². The molecule has 0 saturated carbocycles. The van der Waals surface area contributed by atoms with Gasteiger partial charge in [0.1, 0.15) is 36.4 Å². The number of alkyl halides is 1. The molecule has 1 aliphatic rings. The van der Waals surface area contributed by atoms with Gasteiger partial charge in [-0.2, -0.15) is 0 Å². The molecule has 5 atom stereocenters. The Morgan fingerprint density at radius 3 is 1.93 bits per heavy atom. The SMILES string of the molecule is CC(=O)OC[C@H]1O[C@@H](Oc2cccc(OCc3ccccc3)c2C(=O)CBr)[C@H](OC(C)=O)[C@@H](OC(C)=O)[C@@H]1OC(C)=O. The highest BCUT2D eigenvalue weighted by Gasteiger charge is 2.53. The van der Waals surface area contributed by atoms with Crippen LogP contribution in [-0.2, 0) is 49.5 Å². The predicted molar refractivity (Wildman–Crippen MR) is 148 cm³/mol. The van der Waals surface area contributed by atoms with Crippen LogP contribution in [0.2, 0.25) is 0 Å². The lowest BCUT2D eigenvalue weighted by Crippen LogP contribution is -2.63. The highest BCUT2D eigenvalue weighted by Crippen LogP contribution is 2.35. The molecule has 13 heteroatoms. The number of hydrogen-bond acceptors (Lipinski definition) is 12. The van der Waals surface area contributed by atoms with Crippen LogP contribution in [-0.4, -0.2) is 72.3 Å². The van der Waals surface area contributed by atoms with Gasteiger partial charge in [-0.15, -0.1) is 0 Å². The zero-order valence-electron chi connectivity index (χ0n) is 23.4. The second-order valence-corrected chi connectivity index (χ2v) is 9.71. The summed E-state index contributed by atoms with van der Waals surface area (Å²) >= 11 is 3.18.